The number of ether oxygens (including phenoxy) is 1. The molecule has 2 saturated heterocycles. The van der Waals surface area contributed by atoms with E-state index >= 15 is 0 Å². The number of piperidine rings is 1. The van der Waals surface area contributed by atoms with Crippen LogP contribution in [0.3, 0.4) is 0 Å². The third kappa shape index (κ3) is 3.67. The molecule has 2 amide bonds. The van der Waals surface area contributed by atoms with Crippen LogP contribution in [0, 0.1) is 0 Å². The summed E-state index contributed by atoms with van der Waals surface area (Å²) in [6.07, 6.45) is 2.76. The summed E-state index contributed by atoms with van der Waals surface area (Å²) in [5, 5.41) is 3.23. The van der Waals surface area contributed by atoms with Gasteiger partial charge in [0.15, 0.2) is 0 Å². The second-order valence-corrected chi connectivity index (χ2v) is 5.12. The summed E-state index contributed by atoms with van der Waals surface area (Å²) in [5.41, 5.74) is 0. The lowest BCUT2D eigenvalue weighted by atomic mass is 10.1. The van der Waals surface area contributed by atoms with Crippen molar-refractivity contribution in [1.82, 2.24) is 15.1 Å². The first-order valence-electron chi connectivity index (χ1n) is 7.04. The topological polar surface area (TPSA) is 61.9 Å². The number of methoxy groups -OCH3 is 1. The lowest BCUT2D eigenvalue weighted by molar-refractivity contribution is -0.153. The van der Waals surface area contributed by atoms with Gasteiger partial charge in [0.05, 0.1) is 6.10 Å². The molecule has 6 nitrogen and oxygen atoms in total. The van der Waals surface area contributed by atoms with Crippen LogP contribution >= 0.6 is 0 Å². The minimum atomic E-state index is -0.351. The largest absolute Gasteiger partial charge is 0.381 e. The van der Waals surface area contributed by atoms with Gasteiger partial charge in [-0.25, -0.2) is 0 Å². The van der Waals surface area contributed by atoms with Gasteiger partial charge in [0, 0.05) is 39.8 Å². The fourth-order valence-corrected chi connectivity index (χ4v) is 2.61. The van der Waals surface area contributed by atoms with Gasteiger partial charge in [-0.15, -0.1) is 0 Å². The van der Waals surface area contributed by atoms with Crippen LogP contribution < -0.4 is 5.32 Å². The Morgan fingerprint density at radius 2 is 1.63 bits per heavy atom. The Morgan fingerprint density at radius 1 is 1.00 bits per heavy atom. The Bertz CT molecular complexity index is 319. The summed E-state index contributed by atoms with van der Waals surface area (Å²) in [7, 11) is 1.69. The Balaban J connectivity index is 1.86. The minimum absolute atomic E-state index is 0.224. The highest BCUT2D eigenvalue weighted by atomic mass is 16.5. The highest BCUT2D eigenvalue weighted by Crippen LogP contribution is 2.13. The lowest BCUT2D eigenvalue weighted by Gasteiger charge is -2.32. The number of carbonyl (C=O) groups excluding carboxylic acids is 2. The van der Waals surface area contributed by atoms with Gasteiger partial charge < -0.3 is 19.9 Å². The van der Waals surface area contributed by atoms with Crippen molar-refractivity contribution in [2.75, 3.05) is 46.4 Å². The fraction of sp³-hybridized carbons (Fsp3) is 0.846. The van der Waals surface area contributed by atoms with E-state index in [9.17, 15) is 9.59 Å². The predicted octanol–water partition coefficient (Wildman–Crippen LogP) is -0.554. The van der Waals surface area contributed by atoms with E-state index in [1.54, 1.807) is 16.9 Å². The molecule has 0 saturated carbocycles. The number of rotatable bonds is 1. The molecule has 6 heteroatoms. The van der Waals surface area contributed by atoms with Crippen LogP contribution in [0.1, 0.15) is 19.3 Å². The second kappa shape index (κ2) is 6.86. The van der Waals surface area contributed by atoms with Crippen LogP contribution in [-0.4, -0.2) is 74.1 Å². The molecule has 2 aliphatic heterocycles. The van der Waals surface area contributed by atoms with Gasteiger partial charge in [-0.2, -0.15) is 0 Å². The van der Waals surface area contributed by atoms with E-state index in [0.29, 0.717) is 26.2 Å². The van der Waals surface area contributed by atoms with Gasteiger partial charge >= 0.3 is 11.8 Å². The molecule has 0 spiro atoms. The smallest absolute Gasteiger partial charge is 0.312 e. The molecular weight excluding hydrogens is 246 g/mol. The molecule has 0 unspecified atom stereocenters. The van der Waals surface area contributed by atoms with Crippen LogP contribution in [0.25, 0.3) is 0 Å². The summed E-state index contributed by atoms with van der Waals surface area (Å²) < 4.78 is 5.27. The zero-order valence-corrected chi connectivity index (χ0v) is 11.6. The normalized spacial score (nSPS) is 22.2. The van der Waals surface area contributed by atoms with E-state index < -0.39 is 0 Å². The molecule has 2 fully saturated rings. The maximum Gasteiger partial charge on any atom is 0.312 e. The summed E-state index contributed by atoms with van der Waals surface area (Å²) >= 11 is 0. The number of carbonyl (C=O) groups is 2. The molecule has 0 aliphatic carbocycles. The molecule has 0 radical (unpaired) electrons. The van der Waals surface area contributed by atoms with Crippen molar-refractivity contribution in [3.05, 3.63) is 0 Å². The van der Waals surface area contributed by atoms with Crippen molar-refractivity contribution in [3.8, 4) is 0 Å². The molecule has 19 heavy (non-hydrogen) atoms. The molecule has 0 aromatic heterocycles. The summed E-state index contributed by atoms with van der Waals surface area (Å²) in [4.78, 5) is 27.7. The summed E-state index contributed by atoms with van der Waals surface area (Å²) in [6.45, 7) is 4.22. The lowest BCUT2D eigenvalue weighted by Crippen LogP contribution is -2.49. The maximum absolute atomic E-state index is 12.2. The van der Waals surface area contributed by atoms with Gasteiger partial charge in [0.2, 0.25) is 0 Å². The van der Waals surface area contributed by atoms with Gasteiger partial charge in [-0.3, -0.25) is 9.59 Å². The predicted molar refractivity (Wildman–Crippen MR) is 70.7 cm³/mol. The third-order valence-corrected chi connectivity index (χ3v) is 3.87. The Labute approximate surface area is 114 Å². The van der Waals surface area contributed by atoms with E-state index in [2.05, 4.69) is 5.32 Å². The van der Waals surface area contributed by atoms with Crippen molar-refractivity contribution in [2.24, 2.45) is 0 Å². The Morgan fingerprint density at radius 3 is 2.26 bits per heavy atom. The van der Waals surface area contributed by atoms with Gasteiger partial charge in [-0.1, -0.05) is 0 Å². The zero-order valence-electron chi connectivity index (χ0n) is 11.6. The molecule has 0 bridgehead atoms. The van der Waals surface area contributed by atoms with Gasteiger partial charge in [0.1, 0.15) is 0 Å². The molecule has 0 aromatic rings. The average molecular weight is 269 g/mol. The molecule has 1 N–H and O–H groups in total. The van der Waals surface area contributed by atoms with Crippen molar-refractivity contribution < 1.29 is 14.3 Å². The SMILES string of the molecule is COC1CCN(C(=O)C(=O)N2CCCNCC2)CC1. The molecule has 0 atom stereocenters. The highest BCUT2D eigenvalue weighted by molar-refractivity contribution is 6.34. The summed E-state index contributed by atoms with van der Waals surface area (Å²) in [6, 6.07) is 0. The van der Waals surface area contributed by atoms with Crippen molar-refractivity contribution in [1.29, 1.82) is 0 Å². The number of nitrogens with one attached hydrogen (secondary N) is 1. The third-order valence-electron chi connectivity index (χ3n) is 3.87. The van der Waals surface area contributed by atoms with Crippen LogP contribution in [-0.2, 0) is 14.3 Å². The molecular formula is C13H23N3O3. The molecule has 0 aromatic carbocycles. The fourth-order valence-electron chi connectivity index (χ4n) is 2.61. The number of hydrogen-bond donors (Lipinski definition) is 1. The van der Waals surface area contributed by atoms with Crippen molar-refractivity contribution in [2.45, 2.75) is 25.4 Å². The Kier molecular flexibility index (Phi) is 5.15. The van der Waals surface area contributed by atoms with E-state index in [4.69, 9.17) is 4.74 Å². The van der Waals surface area contributed by atoms with E-state index in [-0.39, 0.29) is 17.9 Å². The molecule has 2 rings (SSSR count). The van der Waals surface area contributed by atoms with Crippen molar-refractivity contribution in [3.63, 3.8) is 0 Å². The monoisotopic (exact) mass is 269 g/mol. The molecule has 2 heterocycles. The quantitative estimate of drug-likeness (QED) is 0.649. The average Bonchev–Trinajstić information content (AvgIpc) is 2.75. The maximum atomic E-state index is 12.2. The van der Waals surface area contributed by atoms with Crippen molar-refractivity contribution >= 4 is 11.8 Å². The van der Waals surface area contributed by atoms with E-state index in [1.807, 2.05) is 0 Å². The first kappa shape index (κ1) is 14.3. The Hall–Kier alpha value is -1.14. The standard InChI is InChI=1S/C13H23N3O3/c1-19-11-3-8-16(9-4-11)13(18)12(17)15-7-2-5-14-6-10-15/h11,14H,2-10H2,1H3. The number of amides is 2. The molecule has 108 valence electrons. The van der Waals surface area contributed by atoms with Gasteiger partial charge in [-0.05, 0) is 25.8 Å². The highest BCUT2D eigenvalue weighted by Gasteiger charge is 2.30. The van der Waals surface area contributed by atoms with E-state index in [0.717, 1.165) is 32.4 Å². The van der Waals surface area contributed by atoms with E-state index in [1.165, 1.54) is 0 Å². The second-order valence-electron chi connectivity index (χ2n) is 5.12. The van der Waals surface area contributed by atoms with Crippen LogP contribution in [0.5, 0.6) is 0 Å². The number of hydrogen-bond acceptors (Lipinski definition) is 4. The number of nitrogens with zero attached hydrogens (tertiary/aromatic N) is 2. The number of likely N-dealkylation sites (tertiary alicyclic amines) is 1. The van der Waals surface area contributed by atoms with Crippen LogP contribution in [0.15, 0.2) is 0 Å². The molecule has 2 aliphatic rings. The first-order valence-corrected chi connectivity index (χ1v) is 7.04. The minimum Gasteiger partial charge on any atom is -0.381 e. The summed E-state index contributed by atoms with van der Waals surface area (Å²) in [5.74, 6) is -0.698. The first-order chi connectivity index (χ1) is 9.22. The zero-order chi connectivity index (χ0) is 13.7. The van der Waals surface area contributed by atoms with Crippen LogP contribution in [0.2, 0.25) is 0 Å². The van der Waals surface area contributed by atoms with Gasteiger partial charge in [0.25, 0.3) is 0 Å². The van der Waals surface area contributed by atoms with Crippen LogP contribution in [0.4, 0.5) is 0 Å².